The number of rotatable bonds is 5. The van der Waals surface area contributed by atoms with Gasteiger partial charge in [0.1, 0.15) is 16.8 Å². The Balaban J connectivity index is 1.61. The number of nitrogens with zero attached hydrogens (tertiary/aromatic N) is 2. The average molecular weight is 463 g/mol. The number of aryl methyl sites for hydroxylation is 1. The third-order valence-electron chi connectivity index (χ3n) is 6.07. The maximum absolute atomic E-state index is 13.3. The van der Waals surface area contributed by atoms with Gasteiger partial charge in [0.2, 0.25) is 0 Å². The molecule has 0 N–H and O–H groups in total. The number of methoxy groups -OCH3 is 1. The zero-order valence-electron chi connectivity index (χ0n) is 18.7. The van der Waals surface area contributed by atoms with E-state index in [1.165, 1.54) is 11.8 Å². The second-order valence-electron chi connectivity index (χ2n) is 8.11. The molecule has 5 heteroatoms. The van der Waals surface area contributed by atoms with Gasteiger partial charge in [-0.25, -0.2) is 4.98 Å². The standard InChI is InChI=1S/C29H22N2O2S/c1-33-22-14-11-21(12-15-22)26-17-24(19-7-3-2-4-8-19)25(18-30)29(31-26)34-27-16-13-20-9-5-6-10-23(20)28(27)32/h2-12,14-15,17,27H,13,16H2,1H3. The second kappa shape index (κ2) is 9.54. The van der Waals surface area contributed by atoms with Gasteiger partial charge in [0.05, 0.1) is 23.6 Å². The third-order valence-corrected chi connectivity index (χ3v) is 7.33. The lowest BCUT2D eigenvalue weighted by atomic mass is 9.90. The Hall–Kier alpha value is -3.88. The molecule has 0 fully saturated rings. The SMILES string of the molecule is COc1ccc(-c2cc(-c3ccccc3)c(C#N)c(SC3CCc4ccccc4C3=O)n2)cc1. The Labute approximate surface area is 203 Å². The lowest BCUT2D eigenvalue weighted by Crippen LogP contribution is -2.25. The van der Waals surface area contributed by atoms with Gasteiger partial charge < -0.3 is 4.74 Å². The molecular weight excluding hydrogens is 440 g/mol. The lowest BCUT2D eigenvalue weighted by molar-refractivity contribution is 0.0979. The summed E-state index contributed by atoms with van der Waals surface area (Å²) in [5, 5.41) is 10.5. The van der Waals surface area contributed by atoms with Gasteiger partial charge >= 0.3 is 0 Å². The van der Waals surface area contributed by atoms with Gasteiger partial charge in [0, 0.05) is 16.7 Å². The predicted molar refractivity (Wildman–Crippen MR) is 135 cm³/mol. The number of aromatic nitrogens is 1. The Morgan fingerprint density at radius 3 is 2.41 bits per heavy atom. The highest BCUT2D eigenvalue weighted by molar-refractivity contribution is 8.00. The van der Waals surface area contributed by atoms with E-state index in [4.69, 9.17) is 9.72 Å². The first-order valence-corrected chi connectivity index (χ1v) is 12.0. The molecule has 0 radical (unpaired) electrons. The molecule has 1 heterocycles. The topological polar surface area (TPSA) is 63.0 Å². The lowest BCUT2D eigenvalue weighted by Gasteiger charge is -2.23. The van der Waals surface area contributed by atoms with Crippen molar-refractivity contribution in [3.8, 4) is 34.2 Å². The summed E-state index contributed by atoms with van der Waals surface area (Å²) in [5.74, 6) is 0.871. The van der Waals surface area contributed by atoms with Crippen LogP contribution in [0.5, 0.6) is 5.75 Å². The van der Waals surface area contributed by atoms with Crippen LogP contribution in [-0.4, -0.2) is 23.1 Å². The van der Waals surface area contributed by atoms with Crippen molar-refractivity contribution < 1.29 is 9.53 Å². The Kier molecular flexibility index (Phi) is 6.16. The Morgan fingerprint density at radius 2 is 1.68 bits per heavy atom. The number of carbonyl (C=O) groups excluding carboxylic acids is 1. The molecule has 0 saturated carbocycles. The molecule has 0 aliphatic heterocycles. The van der Waals surface area contributed by atoms with Crippen LogP contribution in [0, 0.1) is 11.3 Å². The first kappa shape index (κ1) is 21.9. The maximum Gasteiger partial charge on any atom is 0.176 e. The van der Waals surface area contributed by atoms with Gasteiger partial charge in [0.25, 0.3) is 0 Å². The highest BCUT2D eigenvalue weighted by Gasteiger charge is 2.30. The van der Waals surface area contributed by atoms with Crippen LogP contribution in [0.25, 0.3) is 22.4 Å². The number of fused-ring (bicyclic) bond motifs is 1. The molecule has 5 rings (SSSR count). The average Bonchev–Trinajstić information content (AvgIpc) is 2.90. The molecule has 3 aromatic carbocycles. The number of pyridine rings is 1. The van der Waals surface area contributed by atoms with E-state index in [0.29, 0.717) is 10.6 Å². The molecule has 4 aromatic rings. The molecule has 1 aliphatic carbocycles. The first-order chi connectivity index (χ1) is 16.7. The fourth-order valence-corrected chi connectivity index (χ4v) is 5.45. The fourth-order valence-electron chi connectivity index (χ4n) is 4.29. The highest BCUT2D eigenvalue weighted by atomic mass is 32.2. The van der Waals surface area contributed by atoms with Crippen LogP contribution >= 0.6 is 11.8 Å². The van der Waals surface area contributed by atoms with E-state index in [0.717, 1.165) is 52.1 Å². The zero-order chi connectivity index (χ0) is 23.5. The van der Waals surface area contributed by atoms with Crippen molar-refractivity contribution >= 4 is 17.5 Å². The summed E-state index contributed by atoms with van der Waals surface area (Å²) in [6.45, 7) is 0. The number of carbonyl (C=O) groups is 1. The number of benzene rings is 3. The summed E-state index contributed by atoms with van der Waals surface area (Å²) in [4.78, 5) is 18.1. The van der Waals surface area contributed by atoms with Crippen LogP contribution in [0.2, 0.25) is 0 Å². The van der Waals surface area contributed by atoms with Crippen LogP contribution in [0.3, 0.4) is 0 Å². The zero-order valence-corrected chi connectivity index (χ0v) is 19.5. The van der Waals surface area contributed by atoms with Crippen LogP contribution in [-0.2, 0) is 6.42 Å². The van der Waals surface area contributed by atoms with E-state index in [2.05, 4.69) is 6.07 Å². The van der Waals surface area contributed by atoms with Crippen LogP contribution in [0.4, 0.5) is 0 Å². The molecule has 0 bridgehead atoms. The van der Waals surface area contributed by atoms with Crippen molar-refractivity contribution in [3.63, 3.8) is 0 Å². The van der Waals surface area contributed by atoms with Crippen molar-refractivity contribution in [1.82, 2.24) is 4.98 Å². The molecule has 4 nitrogen and oxygen atoms in total. The van der Waals surface area contributed by atoms with E-state index < -0.39 is 0 Å². The molecule has 0 spiro atoms. The minimum atomic E-state index is -0.274. The molecule has 1 aliphatic rings. The highest BCUT2D eigenvalue weighted by Crippen LogP contribution is 2.39. The Bertz CT molecular complexity index is 1390. The quantitative estimate of drug-likeness (QED) is 0.335. The number of hydrogen-bond donors (Lipinski definition) is 0. The number of nitriles is 1. The first-order valence-electron chi connectivity index (χ1n) is 11.1. The number of hydrogen-bond acceptors (Lipinski definition) is 5. The van der Waals surface area contributed by atoms with E-state index in [-0.39, 0.29) is 11.0 Å². The van der Waals surface area contributed by atoms with Crippen molar-refractivity contribution in [3.05, 3.63) is 102 Å². The predicted octanol–water partition coefficient (Wildman–Crippen LogP) is 6.59. The maximum atomic E-state index is 13.3. The largest absolute Gasteiger partial charge is 0.497 e. The minimum Gasteiger partial charge on any atom is -0.497 e. The summed E-state index contributed by atoms with van der Waals surface area (Å²) in [7, 11) is 1.64. The summed E-state index contributed by atoms with van der Waals surface area (Å²) >= 11 is 1.40. The molecule has 1 unspecified atom stereocenters. The van der Waals surface area contributed by atoms with E-state index in [1.807, 2.05) is 84.9 Å². The summed E-state index contributed by atoms with van der Waals surface area (Å²) < 4.78 is 5.29. The summed E-state index contributed by atoms with van der Waals surface area (Å²) in [6.07, 6.45) is 1.56. The molecule has 166 valence electrons. The van der Waals surface area contributed by atoms with Gasteiger partial charge in [-0.15, -0.1) is 0 Å². The molecular formula is C29H22N2O2S. The number of ketones is 1. The molecule has 0 saturated heterocycles. The van der Waals surface area contributed by atoms with Crippen molar-refractivity contribution in [2.24, 2.45) is 0 Å². The van der Waals surface area contributed by atoms with Gasteiger partial charge in [-0.05, 0) is 54.3 Å². The van der Waals surface area contributed by atoms with Gasteiger partial charge in [-0.1, -0.05) is 66.4 Å². The van der Waals surface area contributed by atoms with Crippen molar-refractivity contribution in [2.75, 3.05) is 7.11 Å². The summed E-state index contributed by atoms with van der Waals surface area (Å²) in [6, 6.07) is 29.7. The molecule has 1 aromatic heterocycles. The van der Waals surface area contributed by atoms with Crippen LogP contribution in [0.1, 0.15) is 27.9 Å². The smallest absolute Gasteiger partial charge is 0.176 e. The third kappa shape index (κ3) is 4.21. The summed E-state index contributed by atoms with van der Waals surface area (Å²) in [5.41, 5.74) is 5.80. The van der Waals surface area contributed by atoms with E-state index >= 15 is 0 Å². The van der Waals surface area contributed by atoms with Crippen LogP contribution < -0.4 is 4.74 Å². The number of Topliss-reactive ketones (excluding diaryl/α,β-unsaturated/α-hetero) is 1. The fraction of sp³-hybridized carbons (Fsp3) is 0.138. The van der Waals surface area contributed by atoms with E-state index in [1.54, 1.807) is 7.11 Å². The van der Waals surface area contributed by atoms with Crippen molar-refractivity contribution in [2.45, 2.75) is 23.1 Å². The molecule has 0 amide bonds. The van der Waals surface area contributed by atoms with Gasteiger partial charge in [-0.2, -0.15) is 5.26 Å². The van der Waals surface area contributed by atoms with Crippen molar-refractivity contribution in [1.29, 1.82) is 5.26 Å². The minimum absolute atomic E-state index is 0.105. The number of ether oxygens (including phenoxy) is 1. The van der Waals surface area contributed by atoms with E-state index in [9.17, 15) is 10.1 Å². The number of thioether (sulfide) groups is 1. The molecule has 34 heavy (non-hydrogen) atoms. The molecule has 1 atom stereocenters. The van der Waals surface area contributed by atoms with Gasteiger partial charge in [0.15, 0.2) is 5.78 Å². The normalized spacial score (nSPS) is 14.8. The van der Waals surface area contributed by atoms with Gasteiger partial charge in [-0.3, -0.25) is 4.79 Å². The second-order valence-corrected chi connectivity index (χ2v) is 9.30. The van der Waals surface area contributed by atoms with Crippen LogP contribution in [0.15, 0.2) is 90.0 Å². The Morgan fingerprint density at radius 1 is 0.941 bits per heavy atom. The monoisotopic (exact) mass is 462 g/mol.